The van der Waals surface area contributed by atoms with Gasteiger partial charge >= 0.3 is 5.97 Å². The molecule has 0 bridgehead atoms. The molecule has 2 N–H and O–H groups in total. The second-order valence-electron chi connectivity index (χ2n) is 4.44. The fourth-order valence-corrected chi connectivity index (χ4v) is 1.91. The van der Waals surface area contributed by atoms with Gasteiger partial charge in [-0.1, -0.05) is 42.5 Å². The van der Waals surface area contributed by atoms with Gasteiger partial charge in [0, 0.05) is 5.92 Å². The summed E-state index contributed by atoms with van der Waals surface area (Å²) in [6.45, 7) is 7.21. The van der Waals surface area contributed by atoms with E-state index < -0.39 is 12.0 Å². The van der Waals surface area contributed by atoms with Crippen molar-refractivity contribution in [2.24, 2.45) is 5.92 Å². The normalized spacial score (nSPS) is 11.7. The highest BCUT2D eigenvalue weighted by molar-refractivity contribution is 5.86. The maximum absolute atomic E-state index is 12.1. The lowest BCUT2D eigenvalue weighted by Crippen LogP contribution is -2.37. The van der Waals surface area contributed by atoms with Crippen molar-refractivity contribution >= 4 is 11.9 Å². The molecule has 0 saturated carbocycles. The van der Waals surface area contributed by atoms with Crippen molar-refractivity contribution in [2.45, 2.75) is 18.9 Å². The van der Waals surface area contributed by atoms with Gasteiger partial charge in [0.05, 0.1) is 0 Å². The van der Waals surface area contributed by atoms with Crippen LogP contribution in [0.25, 0.3) is 0 Å². The fraction of sp³-hybridized carbons (Fsp3) is 0.250. The molecule has 0 aliphatic heterocycles. The second-order valence-corrected chi connectivity index (χ2v) is 4.44. The summed E-state index contributed by atoms with van der Waals surface area (Å²) >= 11 is 0. The molecule has 106 valence electrons. The van der Waals surface area contributed by atoms with Gasteiger partial charge in [-0.05, 0) is 18.4 Å². The van der Waals surface area contributed by atoms with Crippen LogP contribution in [0.2, 0.25) is 0 Å². The maximum atomic E-state index is 12.1. The van der Waals surface area contributed by atoms with Crippen molar-refractivity contribution < 1.29 is 14.7 Å². The number of carbonyl (C=O) groups is 2. The van der Waals surface area contributed by atoms with E-state index in [9.17, 15) is 14.7 Å². The van der Waals surface area contributed by atoms with Crippen molar-refractivity contribution in [1.82, 2.24) is 5.32 Å². The summed E-state index contributed by atoms with van der Waals surface area (Å²) in [7, 11) is 0. The van der Waals surface area contributed by atoms with E-state index >= 15 is 0 Å². The first-order valence-corrected chi connectivity index (χ1v) is 6.40. The lowest BCUT2D eigenvalue weighted by molar-refractivity contribution is -0.142. The number of rotatable bonds is 8. The van der Waals surface area contributed by atoms with E-state index in [2.05, 4.69) is 18.5 Å². The molecular weight excluding hydrogens is 254 g/mol. The third-order valence-electron chi connectivity index (χ3n) is 2.94. The number of carboxylic acid groups (broad SMARTS) is 1. The summed E-state index contributed by atoms with van der Waals surface area (Å²) in [6.07, 6.45) is 4.26. The lowest BCUT2D eigenvalue weighted by atomic mass is 9.99. The van der Waals surface area contributed by atoms with Crippen LogP contribution >= 0.6 is 0 Å². The molecule has 0 radical (unpaired) electrons. The zero-order valence-corrected chi connectivity index (χ0v) is 11.3. The number of hydrogen-bond acceptors (Lipinski definition) is 2. The van der Waals surface area contributed by atoms with Crippen molar-refractivity contribution in [1.29, 1.82) is 0 Å². The van der Waals surface area contributed by atoms with Crippen LogP contribution in [0.3, 0.4) is 0 Å². The van der Waals surface area contributed by atoms with Crippen LogP contribution in [0.15, 0.2) is 55.6 Å². The summed E-state index contributed by atoms with van der Waals surface area (Å²) in [5.41, 5.74) is 0.546. The minimum atomic E-state index is -1.08. The SMILES string of the molecule is C=CCC(CC=C)C(=O)N[C@@H](C(=O)O)c1ccccc1. The number of aliphatic carboxylic acids is 1. The Labute approximate surface area is 118 Å². The van der Waals surface area contributed by atoms with Gasteiger partial charge in [0.25, 0.3) is 0 Å². The maximum Gasteiger partial charge on any atom is 0.330 e. The number of benzene rings is 1. The molecule has 0 aliphatic carbocycles. The Morgan fingerprint density at radius 1 is 1.15 bits per heavy atom. The van der Waals surface area contributed by atoms with Crippen molar-refractivity contribution in [3.8, 4) is 0 Å². The molecule has 0 unspecified atom stereocenters. The zero-order chi connectivity index (χ0) is 15.0. The van der Waals surface area contributed by atoms with E-state index in [1.165, 1.54) is 0 Å². The molecule has 4 nitrogen and oxygen atoms in total. The quantitative estimate of drug-likeness (QED) is 0.716. The Morgan fingerprint density at radius 3 is 2.15 bits per heavy atom. The number of carbonyl (C=O) groups excluding carboxylic acids is 1. The standard InChI is InChI=1S/C16H19NO3/c1-3-8-13(9-4-2)15(18)17-14(16(19)20)12-10-6-5-7-11-12/h3-7,10-11,13-14H,1-2,8-9H2,(H,17,18)(H,19,20)/t14-/m1/s1. The van der Waals surface area contributed by atoms with Crippen LogP contribution in [0, 0.1) is 5.92 Å². The van der Waals surface area contributed by atoms with Gasteiger partial charge in [-0.25, -0.2) is 4.79 Å². The van der Waals surface area contributed by atoms with Gasteiger partial charge in [0.2, 0.25) is 5.91 Å². The molecule has 0 aliphatic rings. The largest absolute Gasteiger partial charge is 0.479 e. The number of amides is 1. The van der Waals surface area contributed by atoms with Gasteiger partial charge in [-0.3, -0.25) is 4.79 Å². The first kappa shape index (κ1) is 15.7. The Balaban J connectivity index is 2.85. The van der Waals surface area contributed by atoms with Gasteiger partial charge in [0.15, 0.2) is 6.04 Å². The molecule has 0 aromatic heterocycles. The highest BCUT2D eigenvalue weighted by atomic mass is 16.4. The minimum absolute atomic E-state index is 0.305. The summed E-state index contributed by atoms with van der Waals surface area (Å²) in [5.74, 6) is -1.72. The number of carboxylic acids is 1. The fourth-order valence-electron chi connectivity index (χ4n) is 1.91. The van der Waals surface area contributed by atoms with E-state index in [1.54, 1.807) is 42.5 Å². The first-order chi connectivity index (χ1) is 9.60. The van der Waals surface area contributed by atoms with E-state index in [0.717, 1.165) is 0 Å². The molecule has 20 heavy (non-hydrogen) atoms. The van der Waals surface area contributed by atoms with E-state index in [1.807, 2.05) is 0 Å². The molecule has 1 aromatic rings. The predicted molar refractivity (Wildman–Crippen MR) is 78.1 cm³/mol. The highest BCUT2D eigenvalue weighted by Crippen LogP contribution is 2.16. The average Bonchev–Trinajstić information content (AvgIpc) is 2.45. The van der Waals surface area contributed by atoms with Crippen LogP contribution < -0.4 is 5.32 Å². The van der Waals surface area contributed by atoms with Crippen LogP contribution in [0.4, 0.5) is 0 Å². The van der Waals surface area contributed by atoms with E-state index in [4.69, 9.17) is 0 Å². The number of nitrogens with one attached hydrogen (secondary N) is 1. The summed E-state index contributed by atoms with van der Waals surface area (Å²) in [4.78, 5) is 23.5. The molecule has 1 atom stereocenters. The molecule has 0 fully saturated rings. The molecule has 0 spiro atoms. The average molecular weight is 273 g/mol. The third-order valence-corrected chi connectivity index (χ3v) is 2.94. The molecule has 1 rings (SSSR count). The minimum Gasteiger partial charge on any atom is -0.479 e. The van der Waals surface area contributed by atoms with Crippen LogP contribution in [0.5, 0.6) is 0 Å². The number of hydrogen-bond donors (Lipinski definition) is 2. The lowest BCUT2D eigenvalue weighted by Gasteiger charge is -2.19. The first-order valence-electron chi connectivity index (χ1n) is 6.40. The molecule has 1 amide bonds. The molecule has 0 heterocycles. The number of allylic oxidation sites excluding steroid dienone is 2. The summed E-state index contributed by atoms with van der Waals surface area (Å²) in [5, 5.41) is 11.8. The van der Waals surface area contributed by atoms with Gasteiger partial charge in [-0.2, -0.15) is 0 Å². The Hall–Kier alpha value is -2.36. The predicted octanol–water partition coefficient (Wildman–Crippen LogP) is 2.70. The molecular formula is C16H19NO3. The summed E-state index contributed by atoms with van der Waals surface area (Å²) < 4.78 is 0. The highest BCUT2D eigenvalue weighted by Gasteiger charge is 2.25. The van der Waals surface area contributed by atoms with E-state index in [-0.39, 0.29) is 11.8 Å². The van der Waals surface area contributed by atoms with E-state index in [0.29, 0.717) is 18.4 Å². The molecule has 1 aromatic carbocycles. The van der Waals surface area contributed by atoms with Crippen LogP contribution in [0.1, 0.15) is 24.4 Å². The van der Waals surface area contributed by atoms with Crippen molar-refractivity contribution in [3.63, 3.8) is 0 Å². The van der Waals surface area contributed by atoms with Gasteiger partial charge in [0.1, 0.15) is 0 Å². The Kier molecular flexibility index (Phi) is 6.23. The molecule has 4 heteroatoms. The van der Waals surface area contributed by atoms with Gasteiger partial charge in [-0.15, -0.1) is 13.2 Å². The molecule has 0 saturated heterocycles. The summed E-state index contributed by atoms with van der Waals surface area (Å²) in [6, 6.07) is 7.58. The Morgan fingerprint density at radius 2 is 1.70 bits per heavy atom. The van der Waals surface area contributed by atoms with Crippen LogP contribution in [-0.4, -0.2) is 17.0 Å². The monoisotopic (exact) mass is 273 g/mol. The van der Waals surface area contributed by atoms with Crippen molar-refractivity contribution in [3.05, 3.63) is 61.2 Å². The van der Waals surface area contributed by atoms with Crippen LogP contribution in [-0.2, 0) is 9.59 Å². The zero-order valence-electron chi connectivity index (χ0n) is 11.3. The van der Waals surface area contributed by atoms with Crippen molar-refractivity contribution in [2.75, 3.05) is 0 Å². The van der Waals surface area contributed by atoms with Gasteiger partial charge < -0.3 is 10.4 Å². The Bertz CT molecular complexity index is 472. The third kappa shape index (κ3) is 4.39. The smallest absolute Gasteiger partial charge is 0.330 e. The topological polar surface area (TPSA) is 66.4 Å². The second kappa shape index (κ2) is 7.94.